The lowest BCUT2D eigenvalue weighted by Crippen LogP contribution is -2.49. The number of aromatic nitrogens is 2. The number of anilines is 1. The SMILES string of the molecule is COc1ccc2c(c1)CN(N(C)C(=O)CN(CC(=O)NCCN(C(=O)OC(C)(C)C)C(C)C)c1cc(-c3noc(C)n3)ccc1C)C2. The number of hydrazine groups is 1. The van der Waals surface area contributed by atoms with Crippen LogP contribution in [0.1, 0.15) is 57.2 Å². The smallest absolute Gasteiger partial charge is 0.410 e. The molecule has 0 unspecified atom stereocenters. The van der Waals surface area contributed by atoms with E-state index in [1.54, 1.807) is 35.9 Å². The minimum Gasteiger partial charge on any atom is -0.497 e. The van der Waals surface area contributed by atoms with Gasteiger partial charge in [0.1, 0.15) is 11.4 Å². The molecule has 0 spiro atoms. The Morgan fingerprint density at radius 1 is 1.04 bits per heavy atom. The second-order valence-corrected chi connectivity index (χ2v) is 13.0. The fraction of sp³-hybridized carbons (Fsp3) is 0.500. The van der Waals surface area contributed by atoms with Crippen molar-refractivity contribution in [3.63, 3.8) is 0 Å². The quantitative estimate of drug-likeness (QED) is 0.302. The molecule has 1 aliphatic heterocycles. The molecular formula is C34H47N7O6. The second-order valence-electron chi connectivity index (χ2n) is 13.0. The molecule has 2 heterocycles. The van der Waals surface area contributed by atoms with Crippen LogP contribution in [-0.4, -0.2) is 94.9 Å². The van der Waals surface area contributed by atoms with E-state index in [0.717, 1.165) is 22.4 Å². The van der Waals surface area contributed by atoms with Crippen LogP contribution in [0.15, 0.2) is 40.9 Å². The molecule has 13 nitrogen and oxygen atoms in total. The first-order valence-corrected chi connectivity index (χ1v) is 15.7. The van der Waals surface area contributed by atoms with Crippen LogP contribution >= 0.6 is 0 Å². The molecule has 0 atom stereocenters. The van der Waals surface area contributed by atoms with Crippen LogP contribution in [0.25, 0.3) is 11.4 Å². The van der Waals surface area contributed by atoms with Gasteiger partial charge in [-0.3, -0.25) is 14.6 Å². The van der Waals surface area contributed by atoms with Crippen molar-refractivity contribution in [2.45, 2.75) is 73.2 Å². The van der Waals surface area contributed by atoms with E-state index in [4.69, 9.17) is 14.0 Å². The Labute approximate surface area is 276 Å². The normalized spacial score (nSPS) is 12.9. The van der Waals surface area contributed by atoms with Gasteiger partial charge < -0.3 is 29.1 Å². The monoisotopic (exact) mass is 649 g/mol. The maximum atomic E-state index is 13.8. The topological polar surface area (TPSA) is 134 Å². The summed E-state index contributed by atoms with van der Waals surface area (Å²) in [6.07, 6.45) is -0.441. The van der Waals surface area contributed by atoms with Crippen LogP contribution in [0.5, 0.6) is 5.75 Å². The van der Waals surface area contributed by atoms with Gasteiger partial charge in [0, 0.05) is 57.4 Å². The third kappa shape index (κ3) is 9.22. The van der Waals surface area contributed by atoms with E-state index in [1.165, 1.54) is 0 Å². The highest BCUT2D eigenvalue weighted by molar-refractivity contribution is 5.87. The molecule has 3 aromatic rings. The van der Waals surface area contributed by atoms with Crippen molar-refractivity contribution < 1.29 is 28.4 Å². The third-order valence-electron chi connectivity index (χ3n) is 7.83. The Bertz CT molecular complexity index is 1580. The summed E-state index contributed by atoms with van der Waals surface area (Å²) < 4.78 is 16.1. The zero-order chi connectivity index (χ0) is 34.5. The van der Waals surface area contributed by atoms with Crippen molar-refractivity contribution >= 4 is 23.6 Å². The van der Waals surface area contributed by atoms with Gasteiger partial charge in [0.05, 0.1) is 20.2 Å². The van der Waals surface area contributed by atoms with Gasteiger partial charge >= 0.3 is 6.09 Å². The predicted molar refractivity (Wildman–Crippen MR) is 178 cm³/mol. The number of benzene rings is 2. The predicted octanol–water partition coefficient (Wildman–Crippen LogP) is 4.32. The fourth-order valence-electron chi connectivity index (χ4n) is 5.27. The van der Waals surface area contributed by atoms with Crippen molar-refractivity contribution in [3.8, 4) is 17.1 Å². The summed E-state index contributed by atoms with van der Waals surface area (Å²) in [6.45, 7) is 14.3. The maximum Gasteiger partial charge on any atom is 0.410 e. The minimum absolute atomic E-state index is 0.0638. The van der Waals surface area contributed by atoms with Gasteiger partial charge in [-0.15, -0.1) is 0 Å². The van der Waals surface area contributed by atoms with Crippen LogP contribution in [0.3, 0.4) is 0 Å². The summed E-state index contributed by atoms with van der Waals surface area (Å²) >= 11 is 0. The molecule has 47 heavy (non-hydrogen) atoms. The van der Waals surface area contributed by atoms with Crippen molar-refractivity contribution in [2.75, 3.05) is 45.2 Å². The van der Waals surface area contributed by atoms with Crippen molar-refractivity contribution in [2.24, 2.45) is 0 Å². The summed E-state index contributed by atoms with van der Waals surface area (Å²) in [6, 6.07) is 11.4. The fourth-order valence-corrected chi connectivity index (χ4v) is 5.27. The van der Waals surface area contributed by atoms with Gasteiger partial charge in [-0.1, -0.05) is 23.4 Å². The third-order valence-corrected chi connectivity index (χ3v) is 7.83. The molecule has 0 radical (unpaired) electrons. The van der Waals surface area contributed by atoms with Crippen LogP contribution in [0.4, 0.5) is 10.5 Å². The summed E-state index contributed by atoms with van der Waals surface area (Å²) in [4.78, 5) is 47.6. The molecule has 1 aromatic heterocycles. The molecule has 0 saturated heterocycles. The Morgan fingerprint density at radius 3 is 2.40 bits per heavy atom. The number of likely N-dealkylation sites (N-methyl/N-ethyl adjacent to an activating group) is 1. The Kier molecular flexibility index (Phi) is 11.1. The highest BCUT2D eigenvalue weighted by Crippen LogP contribution is 2.29. The van der Waals surface area contributed by atoms with Gasteiger partial charge in [-0.25, -0.2) is 9.80 Å². The van der Waals surface area contributed by atoms with Gasteiger partial charge in [-0.05, 0) is 76.4 Å². The average molecular weight is 650 g/mol. The lowest BCUT2D eigenvalue weighted by Gasteiger charge is -2.32. The van der Waals surface area contributed by atoms with E-state index >= 15 is 0 Å². The molecule has 3 amide bonds. The van der Waals surface area contributed by atoms with Crippen LogP contribution in [0, 0.1) is 13.8 Å². The summed E-state index contributed by atoms with van der Waals surface area (Å²) in [5.41, 5.74) is 3.85. The van der Waals surface area contributed by atoms with Gasteiger partial charge in [0.15, 0.2) is 0 Å². The summed E-state index contributed by atoms with van der Waals surface area (Å²) in [7, 11) is 3.37. The number of rotatable bonds is 12. The first kappa shape index (κ1) is 35.2. The number of aryl methyl sites for hydroxylation is 2. The van der Waals surface area contributed by atoms with Gasteiger partial charge in [0.2, 0.25) is 17.6 Å². The zero-order valence-corrected chi connectivity index (χ0v) is 28.9. The van der Waals surface area contributed by atoms with Crippen LogP contribution in [0.2, 0.25) is 0 Å². The lowest BCUT2D eigenvalue weighted by atomic mass is 10.1. The molecule has 0 aliphatic carbocycles. The molecule has 1 aliphatic rings. The number of ether oxygens (including phenoxy) is 2. The van der Waals surface area contributed by atoms with E-state index in [2.05, 4.69) is 15.5 Å². The molecular weight excluding hydrogens is 602 g/mol. The number of nitrogens with zero attached hydrogens (tertiary/aromatic N) is 6. The number of methoxy groups -OCH3 is 1. The molecule has 0 bridgehead atoms. The Balaban J connectivity index is 1.50. The average Bonchev–Trinajstić information content (AvgIpc) is 3.63. The molecule has 2 aromatic carbocycles. The minimum atomic E-state index is -0.634. The lowest BCUT2D eigenvalue weighted by molar-refractivity contribution is -0.145. The van der Waals surface area contributed by atoms with Crippen molar-refractivity contribution in [1.82, 2.24) is 30.4 Å². The number of nitrogens with one attached hydrogen (secondary N) is 1. The number of fused-ring (bicyclic) bond motifs is 1. The van der Waals surface area contributed by atoms with E-state index in [-0.39, 0.29) is 44.0 Å². The van der Waals surface area contributed by atoms with Crippen molar-refractivity contribution in [1.29, 1.82) is 0 Å². The molecule has 0 fully saturated rings. The first-order chi connectivity index (χ1) is 22.1. The van der Waals surface area contributed by atoms with E-state index < -0.39 is 11.7 Å². The van der Waals surface area contributed by atoms with Crippen LogP contribution < -0.4 is 15.0 Å². The van der Waals surface area contributed by atoms with Crippen LogP contribution in [-0.2, 0) is 27.4 Å². The van der Waals surface area contributed by atoms with E-state index in [0.29, 0.717) is 36.1 Å². The second kappa shape index (κ2) is 14.8. The van der Waals surface area contributed by atoms with Gasteiger partial charge in [-0.2, -0.15) is 4.98 Å². The number of amides is 3. The highest BCUT2D eigenvalue weighted by Gasteiger charge is 2.28. The number of carbonyl (C=O) groups excluding carboxylic acids is 3. The maximum absolute atomic E-state index is 13.8. The standard InChI is InChI=1S/C34H47N7O6/c1-22(2)41(33(44)46-34(5,6)7)15-14-35-30(42)20-39(29-17-25(11-10-23(29)3)32-36-24(4)47-37-32)21-31(43)38(8)40-18-26-12-13-28(45-9)16-27(26)19-40/h10-13,16-17,22H,14-15,18-21H2,1-9H3,(H,35,42). The molecule has 4 rings (SSSR count). The number of hydrogen-bond donors (Lipinski definition) is 1. The summed E-state index contributed by atoms with van der Waals surface area (Å²) in [5.74, 6) is 1.13. The van der Waals surface area contributed by atoms with Crippen molar-refractivity contribution in [3.05, 3.63) is 59.0 Å². The Morgan fingerprint density at radius 2 is 1.77 bits per heavy atom. The zero-order valence-electron chi connectivity index (χ0n) is 28.9. The number of carbonyl (C=O) groups is 3. The Hall–Kier alpha value is -4.65. The molecule has 254 valence electrons. The first-order valence-electron chi connectivity index (χ1n) is 15.7. The summed E-state index contributed by atoms with van der Waals surface area (Å²) in [5, 5.41) is 10.5. The molecule has 0 saturated carbocycles. The van der Waals surface area contributed by atoms with Gasteiger partial charge in [0.25, 0.3) is 5.91 Å². The molecule has 1 N–H and O–H groups in total. The number of hydrogen-bond acceptors (Lipinski definition) is 10. The highest BCUT2D eigenvalue weighted by atomic mass is 16.6. The van der Waals surface area contributed by atoms with E-state index in [9.17, 15) is 14.4 Å². The molecule has 13 heteroatoms. The van der Waals surface area contributed by atoms with E-state index in [1.807, 2.05) is 82.9 Å². The largest absolute Gasteiger partial charge is 0.497 e.